The van der Waals surface area contributed by atoms with Crippen molar-refractivity contribution in [3.05, 3.63) is 119 Å². The van der Waals surface area contributed by atoms with Crippen LogP contribution in [0.1, 0.15) is 34.5 Å². The molecule has 0 saturated carbocycles. The maximum atomic E-state index is 13.5. The SMILES string of the molecule is CC1=C(C(=O)OC(c2ccccc2)c2ccccc2)N2C(=O)C(NC(=O)c3ccccc3)C2SC1. The van der Waals surface area contributed by atoms with Crippen LogP contribution >= 0.6 is 11.8 Å². The second-order valence-electron chi connectivity index (χ2n) is 8.46. The monoisotopic (exact) mass is 484 g/mol. The first-order valence-electron chi connectivity index (χ1n) is 11.4. The van der Waals surface area contributed by atoms with E-state index in [2.05, 4.69) is 5.32 Å². The number of rotatable bonds is 6. The van der Waals surface area contributed by atoms with Crippen molar-refractivity contribution in [3.63, 3.8) is 0 Å². The van der Waals surface area contributed by atoms with Gasteiger partial charge in [-0.05, 0) is 35.8 Å². The molecular formula is C28H24N2O4S. The first-order chi connectivity index (χ1) is 17.0. The van der Waals surface area contributed by atoms with Gasteiger partial charge < -0.3 is 10.1 Å². The number of benzene rings is 3. The first kappa shape index (κ1) is 22.9. The minimum absolute atomic E-state index is 0.265. The maximum Gasteiger partial charge on any atom is 0.356 e. The number of thioether (sulfide) groups is 1. The summed E-state index contributed by atoms with van der Waals surface area (Å²) in [4.78, 5) is 40.7. The van der Waals surface area contributed by atoms with Crippen LogP contribution in [0.25, 0.3) is 0 Å². The Morgan fingerprint density at radius 2 is 1.46 bits per heavy atom. The van der Waals surface area contributed by atoms with Gasteiger partial charge in [-0.15, -0.1) is 11.8 Å². The van der Waals surface area contributed by atoms with Crippen LogP contribution in [0.3, 0.4) is 0 Å². The number of fused-ring (bicyclic) bond motifs is 1. The Balaban J connectivity index is 1.36. The molecule has 3 aromatic carbocycles. The van der Waals surface area contributed by atoms with E-state index >= 15 is 0 Å². The van der Waals surface area contributed by atoms with Crippen molar-refractivity contribution >= 4 is 29.5 Å². The molecule has 0 aliphatic carbocycles. The zero-order valence-corrected chi connectivity index (χ0v) is 19.9. The number of carbonyl (C=O) groups is 3. The lowest BCUT2D eigenvalue weighted by Gasteiger charge is -2.49. The summed E-state index contributed by atoms with van der Waals surface area (Å²) in [7, 11) is 0. The van der Waals surface area contributed by atoms with Crippen molar-refractivity contribution < 1.29 is 19.1 Å². The van der Waals surface area contributed by atoms with Gasteiger partial charge in [0.2, 0.25) is 0 Å². The van der Waals surface area contributed by atoms with Crippen molar-refractivity contribution in [1.29, 1.82) is 0 Å². The molecule has 2 atom stereocenters. The van der Waals surface area contributed by atoms with Gasteiger partial charge in [0.15, 0.2) is 6.10 Å². The summed E-state index contributed by atoms with van der Waals surface area (Å²) in [5, 5.41) is 2.47. The average Bonchev–Trinajstić information content (AvgIpc) is 2.91. The number of ether oxygens (including phenoxy) is 1. The molecule has 2 unspecified atom stereocenters. The number of nitrogens with zero attached hydrogens (tertiary/aromatic N) is 1. The van der Waals surface area contributed by atoms with E-state index in [4.69, 9.17) is 4.74 Å². The fourth-order valence-electron chi connectivity index (χ4n) is 4.32. The molecule has 3 aromatic rings. The van der Waals surface area contributed by atoms with Gasteiger partial charge in [-0.25, -0.2) is 4.79 Å². The van der Waals surface area contributed by atoms with Crippen LogP contribution in [-0.4, -0.2) is 39.9 Å². The second-order valence-corrected chi connectivity index (χ2v) is 9.57. The van der Waals surface area contributed by atoms with Crippen molar-refractivity contribution in [2.45, 2.75) is 24.4 Å². The highest BCUT2D eigenvalue weighted by Gasteiger charge is 2.54. The molecule has 2 amide bonds. The second kappa shape index (κ2) is 9.80. The summed E-state index contributed by atoms with van der Waals surface area (Å²) in [6.07, 6.45) is -0.608. The predicted octanol–water partition coefficient (Wildman–Crippen LogP) is 4.31. The van der Waals surface area contributed by atoms with Gasteiger partial charge in [-0.3, -0.25) is 14.5 Å². The Bertz CT molecular complexity index is 1240. The molecule has 5 rings (SSSR count). The molecule has 176 valence electrons. The quantitative estimate of drug-likeness (QED) is 0.417. The predicted molar refractivity (Wildman–Crippen MR) is 134 cm³/mol. The van der Waals surface area contributed by atoms with Crippen LogP contribution in [0.15, 0.2) is 102 Å². The molecule has 0 spiro atoms. The van der Waals surface area contributed by atoms with Gasteiger partial charge in [-0.2, -0.15) is 0 Å². The summed E-state index contributed by atoms with van der Waals surface area (Å²) in [5.74, 6) is -0.606. The summed E-state index contributed by atoms with van der Waals surface area (Å²) < 4.78 is 6.03. The molecule has 1 saturated heterocycles. The summed E-state index contributed by atoms with van der Waals surface area (Å²) >= 11 is 1.53. The number of esters is 1. The van der Waals surface area contributed by atoms with E-state index in [0.29, 0.717) is 11.3 Å². The van der Waals surface area contributed by atoms with Gasteiger partial charge in [0.25, 0.3) is 11.8 Å². The van der Waals surface area contributed by atoms with E-state index in [1.54, 1.807) is 24.3 Å². The zero-order chi connectivity index (χ0) is 24.4. The van der Waals surface area contributed by atoms with Crippen LogP contribution < -0.4 is 5.32 Å². The topological polar surface area (TPSA) is 75.7 Å². The Morgan fingerprint density at radius 3 is 2.03 bits per heavy atom. The van der Waals surface area contributed by atoms with Gasteiger partial charge >= 0.3 is 5.97 Å². The highest BCUT2D eigenvalue weighted by Crippen LogP contribution is 2.41. The molecule has 35 heavy (non-hydrogen) atoms. The van der Waals surface area contributed by atoms with E-state index in [1.165, 1.54) is 16.7 Å². The van der Waals surface area contributed by atoms with Crippen molar-refractivity contribution in [2.24, 2.45) is 0 Å². The highest BCUT2D eigenvalue weighted by molar-refractivity contribution is 8.00. The van der Waals surface area contributed by atoms with Gasteiger partial charge in [0, 0.05) is 11.3 Å². The number of β-lactam (4-membered cyclic amide) rings is 1. The van der Waals surface area contributed by atoms with Crippen molar-refractivity contribution in [3.8, 4) is 0 Å². The number of nitrogens with one attached hydrogen (secondary N) is 1. The standard InChI is InChI=1S/C28H24N2O4S/c1-18-17-35-27-22(29-25(31)21-15-9-4-10-16-21)26(32)30(27)23(18)28(33)34-24(19-11-5-2-6-12-19)20-13-7-3-8-14-20/h2-16,22,24,27H,17H2,1H3,(H,29,31). The third kappa shape index (κ3) is 4.47. The molecule has 2 aliphatic heterocycles. The smallest absolute Gasteiger partial charge is 0.356 e. The van der Waals surface area contributed by atoms with Gasteiger partial charge in [0.05, 0.1) is 0 Å². The molecular weight excluding hydrogens is 460 g/mol. The Kier molecular flexibility index (Phi) is 6.42. The van der Waals surface area contributed by atoms with E-state index in [0.717, 1.165) is 16.7 Å². The lowest BCUT2D eigenvalue weighted by molar-refractivity contribution is -0.153. The van der Waals surface area contributed by atoms with Crippen LogP contribution in [0, 0.1) is 0 Å². The normalized spacial score (nSPS) is 19.1. The van der Waals surface area contributed by atoms with E-state index in [1.807, 2.05) is 73.7 Å². The Labute approximate surface area is 208 Å². The third-order valence-electron chi connectivity index (χ3n) is 6.10. The molecule has 0 radical (unpaired) electrons. The molecule has 2 aliphatic rings. The molecule has 0 aromatic heterocycles. The van der Waals surface area contributed by atoms with Crippen molar-refractivity contribution in [2.75, 3.05) is 5.75 Å². The number of hydrogen-bond donors (Lipinski definition) is 1. The fourth-order valence-corrected chi connectivity index (χ4v) is 5.62. The Morgan fingerprint density at radius 1 is 0.914 bits per heavy atom. The van der Waals surface area contributed by atoms with E-state index in [9.17, 15) is 14.4 Å². The number of amides is 2. The maximum absolute atomic E-state index is 13.5. The van der Waals surface area contributed by atoms with Gasteiger partial charge in [-0.1, -0.05) is 78.9 Å². The lowest BCUT2D eigenvalue weighted by Crippen LogP contribution is -2.70. The molecule has 6 nitrogen and oxygen atoms in total. The van der Waals surface area contributed by atoms with Crippen LogP contribution in [-0.2, 0) is 14.3 Å². The van der Waals surface area contributed by atoms with Gasteiger partial charge in [0.1, 0.15) is 17.1 Å². The van der Waals surface area contributed by atoms with Crippen LogP contribution in [0.4, 0.5) is 0 Å². The highest BCUT2D eigenvalue weighted by atomic mass is 32.2. The largest absolute Gasteiger partial charge is 0.448 e. The molecule has 1 fully saturated rings. The number of hydrogen-bond acceptors (Lipinski definition) is 5. The van der Waals surface area contributed by atoms with E-state index < -0.39 is 18.1 Å². The lowest BCUT2D eigenvalue weighted by atomic mass is 10.0. The molecule has 7 heteroatoms. The first-order valence-corrected chi connectivity index (χ1v) is 12.4. The summed E-state index contributed by atoms with van der Waals surface area (Å²) in [6.45, 7) is 1.84. The molecule has 0 bridgehead atoms. The van der Waals surface area contributed by atoms with E-state index in [-0.39, 0.29) is 22.9 Å². The molecule has 2 heterocycles. The van der Waals surface area contributed by atoms with Crippen LogP contribution in [0.5, 0.6) is 0 Å². The fraction of sp³-hybridized carbons (Fsp3) is 0.179. The summed E-state index contributed by atoms with van der Waals surface area (Å²) in [6, 6.07) is 27.1. The minimum atomic E-state index is -0.692. The Hall–Kier alpha value is -3.84. The minimum Gasteiger partial charge on any atom is -0.448 e. The van der Waals surface area contributed by atoms with Crippen LogP contribution in [0.2, 0.25) is 0 Å². The van der Waals surface area contributed by atoms with Crippen molar-refractivity contribution in [1.82, 2.24) is 10.2 Å². The summed E-state index contributed by atoms with van der Waals surface area (Å²) in [5.41, 5.74) is 3.21. The average molecular weight is 485 g/mol. The third-order valence-corrected chi connectivity index (χ3v) is 7.53. The molecule has 1 N–H and O–H groups in total. The zero-order valence-electron chi connectivity index (χ0n) is 19.1. The number of carbonyl (C=O) groups excluding carboxylic acids is 3.